The Hall–Kier alpha value is -2.29. The summed E-state index contributed by atoms with van der Waals surface area (Å²) in [5.41, 5.74) is 4.24. The molecule has 130 valence electrons. The molecule has 0 saturated carbocycles. The van der Waals surface area contributed by atoms with E-state index in [0.29, 0.717) is 20.5 Å². The molecule has 0 spiro atoms. The van der Waals surface area contributed by atoms with Crippen molar-refractivity contribution >= 4 is 68.4 Å². The van der Waals surface area contributed by atoms with E-state index in [-0.39, 0.29) is 4.32 Å². The topological polar surface area (TPSA) is 66.5 Å². The summed E-state index contributed by atoms with van der Waals surface area (Å²) < 4.78 is 0.861. The van der Waals surface area contributed by atoms with Crippen molar-refractivity contribution < 1.29 is 14.4 Å². The van der Waals surface area contributed by atoms with Gasteiger partial charge >= 0.3 is 0 Å². The molecular weight excluding hydrogens is 436 g/mol. The average Bonchev–Trinajstić information content (AvgIpc) is 2.90. The van der Waals surface area contributed by atoms with E-state index in [0.717, 1.165) is 28.6 Å². The number of carbonyl (C=O) groups excluding carboxylic acids is 3. The lowest BCUT2D eigenvalue weighted by Gasteiger charge is -2.16. The SMILES string of the molecule is O=Cc1ccc(/C=C2\SC(=S)N(NC(=O)c3ccccc3Br)C2=O)cc1. The standard InChI is InChI=1S/C18H11BrN2O3S2/c19-14-4-2-1-3-13(14)16(23)20-21-17(24)15(26-18(21)25)9-11-5-7-12(10-22)8-6-11/h1-10H,(H,20,23)/b15-9-. The Morgan fingerprint density at radius 2 is 1.77 bits per heavy atom. The fraction of sp³-hybridized carbons (Fsp3) is 0. The first-order valence-electron chi connectivity index (χ1n) is 7.38. The number of aldehydes is 1. The number of hydrazine groups is 1. The van der Waals surface area contributed by atoms with E-state index in [4.69, 9.17) is 12.2 Å². The molecule has 26 heavy (non-hydrogen) atoms. The number of rotatable bonds is 4. The van der Waals surface area contributed by atoms with Crippen LogP contribution in [-0.4, -0.2) is 27.4 Å². The van der Waals surface area contributed by atoms with Gasteiger partial charge < -0.3 is 0 Å². The van der Waals surface area contributed by atoms with Gasteiger partial charge in [0.1, 0.15) is 6.29 Å². The van der Waals surface area contributed by atoms with Gasteiger partial charge in [-0.2, -0.15) is 5.01 Å². The van der Waals surface area contributed by atoms with Crippen LogP contribution in [0.15, 0.2) is 57.9 Å². The minimum Gasteiger partial charge on any atom is -0.298 e. The average molecular weight is 447 g/mol. The number of hydrogen-bond acceptors (Lipinski definition) is 5. The minimum absolute atomic E-state index is 0.242. The molecule has 1 saturated heterocycles. The molecule has 1 heterocycles. The van der Waals surface area contributed by atoms with E-state index < -0.39 is 11.8 Å². The molecule has 8 heteroatoms. The second-order valence-electron chi connectivity index (χ2n) is 5.22. The van der Waals surface area contributed by atoms with Gasteiger partial charge in [-0.25, -0.2) is 0 Å². The van der Waals surface area contributed by atoms with Crippen LogP contribution in [0, 0.1) is 0 Å². The van der Waals surface area contributed by atoms with Crippen molar-refractivity contribution in [3.05, 3.63) is 74.6 Å². The van der Waals surface area contributed by atoms with Crippen LogP contribution in [0.25, 0.3) is 6.08 Å². The second-order valence-corrected chi connectivity index (χ2v) is 7.75. The fourth-order valence-corrected chi connectivity index (χ4v) is 3.84. The third-order valence-corrected chi connectivity index (χ3v) is 5.49. The molecule has 1 aliphatic rings. The Kier molecular flexibility index (Phi) is 5.65. The first kappa shape index (κ1) is 18.5. The van der Waals surface area contributed by atoms with E-state index in [9.17, 15) is 14.4 Å². The number of benzene rings is 2. The minimum atomic E-state index is -0.439. The molecule has 5 nitrogen and oxygen atoms in total. The molecule has 3 rings (SSSR count). The Morgan fingerprint density at radius 1 is 1.12 bits per heavy atom. The van der Waals surface area contributed by atoms with E-state index in [1.54, 1.807) is 54.6 Å². The summed E-state index contributed by atoms with van der Waals surface area (Å²) in [6.07, 6.45) is 2.42. The zero-order valence-electron chi connectivity index (χ0n) is 13.1. The molecule has 0 aliphatic carbocycles. The number of carbonyl (C=O) groups is 3. The summed E-state index contributed by atoms with van der Waals surface area (Å²) in [7, 11) is 0. The summed E-state index contributed by atoms with van der Waals surface area (Å²) in [6, 6.07) is 13.7. The molecule has 2 aromatic carbocycles. The Labute approximate surface area is 167 Å². The van der Waals surface area contributed by atoms with Crippen LogP contribution in [0.4, 0.5) is 0 Å². The molecule has 0 unspecified atom stereocenters. The van der Waals surface area contributed by atoms with Crippen molar-refractivity contribution in [1.29, 1.82) is 0 Å². The molecule has 2 aromatic rings. The Morgan fingerprint density at radius 3 is 2.42 bits per heavy atom. The predicted molar refractivity (Wildman–Crippen MR) is 108 cm³/mol. The highest BCUT2D eigenvalue weighted by Crippen LogP contribution is 2.31. The number of thiocarbonyl (C=S) groups is 1. The number of halogens is 1. The molecule has 2 amide bonds. The van der Waals surface area contributed by atoms with Crippen molar-refractivity contribution in [3.8, 4) is 0 Å². The second kappa shape index (κ2) is 7.94. The molecular formula is C18H11BrN2O3S2. The van der Waals surface area contributed by atoms with E-state index >= 15 is 0 Å². The van der Waals surface area contributed by atoms with Crippen LogP contribution in [0.2, 0.25) is 0 Å². The maximum Gasteiger partial charge on any atom is 0.285 e. The smallest absolute Gasteiger partial charge is 0.285 e. The molecule has 1 fully saturated rings. The lowest BCUT2D eigenvalue weighted by molar-refractivity contribution is -0.123. The summed E-state index contributed by atoms with van der Waals surface area (Å²) in [6.45, 7) is 0. The Bertz CT molecular complexity index is 942. The largest absolute Gasteiger partial charge is 0.298 e. The lowest BCUT2D eigenvalue weighted by atomic mass is 10.1. The highest BCUT2D eigenvalue weighted by Gasteiger charge is 2.34. The number of hydrogen-bond donors (Lipinski definition) is 1. The van der Waals surface area contributed by atoms with Crippen molar-refractivity contribution in [2.24, 2.45) is 0 Å². The normalized spacial score (nSPS) is 15.4. The first-order valence-corrected chi connectivity index (χ1v) is 9.40. The van der Waals surface area contributed by atoms with Gasteiger partial charge in [-0.15, -0.1) is 0 Å². The van der Waals surface area contributed by atoms with E-state index in [1.807, 2.05) is 0 Å². The summed E-state index contributed by atoms with van der Waals surface area (Å²) in [5, 5.41) is 1.06. The highest BCUT2D eigenvalue weighted by molar-refractivity contribution is 9.10. The third-order valence-electron chi connectivity index (χ3n) is 3.50. The molecule has 0 bridgehead atoms. The molecule has 0 atom stereocenters. The van der Waals surface area contributed by atoms with Gasteiger partial charge in [-0.05, 0) is 51.9 Å². The maximum absolute atomic E-state index is 12.6. The van der Waals surface area contributed by atoms with Crippen LogP contribution in [0.5, 0.6) is 0 Å². The molecule has 0 radical (unpaired) electrons. The maximum atomic E-state index is 12.6. The van der Waals surface area contributed by atoms with E-state index in [1.165, 1.54) is 0 Å². The number of nitrogens with one attached hydrogen (secondary N) is 1. The van der Waals surface area contributed by atoms with Crippen LogP contribution >= 0.6 is 39.9 Å². The quantitative estimate of drug-likeness (QED) is 0.439. The van der Waals surface area contributed by atoms with E-state index in [2.05, 4.69) is 21.4 Å². The fourth-order valence-electron chi connectivity index (χ4n) is 2.19. The van der Waals surface area contributed by atoms with Crippen molar-refractivity contribution in [3.63, 3.8) is 0 Å². The number of amides is 2. The van der Waals surface area contributed by atoms with Gasteiger partial charge in [0.25, 0.3) is 11.8 Å². The van der Waals surface area contributed by atoms with Gasteiger partial charge in [0.2, 0.25) is 0 Å². The van der Waals surface area contributed by atoms with Crippen LogP contribution in [-0.2, 0) is 4.79 Å². The third kappa shape index (κ3) is 3.92. The van der Waals surface area contributed by atoms with Crippen LogP contribution in [0.3, 0.4) is 0 Å². The van der Waals surface area contributed by atoms with Crippen molar-refractivity contribution in [2.75, 3.05) is 0 Å². The van der Waals surface area contributed by atoms with Gasteiger partial charge in [0.05, 0.1) is 10.5 Å². The van der Waals surface area contributed by atoms with Gasteiger partial charge in [-0.1, -0.05) is 48.2 Å². The summed E-state index contributed by atoms with van der Waals surface area (Å²) in [4.78, 5) is 36.0. The molecule has 1 aliphatic heterocycles. The zero-order valence-corrected chi connectivity index (χ0v) is 16.4. The van der Waals surface area contributed by atoms with Crippen LogP contribution in [0.1, 0.15) is 26.3 Å². The molecule has 0 aromatic heterocycles. The van der Waals surface area contributed by atoms with Gasteiger partial charge in [-0.3, -0.25) is 19.8 Å². The first-order chi connectivity index (χ1) is 12.5. The van der Waals surface area contributed by atoms with Crippen molar-refractivity contribution in [1.82, 2.24) is 10.4 Å². The van der Waals surface area contributed by atoms with Crippen molar-refractivity contribution in [2.45, 2.75) is 0 Å². The summed E-state index contributed by atoms with van der Waals surface area (Å²) in [5.74, 6) is -0.842. The predicted octanol–water partition coefficient (Wildman–Crippen LogP) is 3.81. The van der Waals surface area contributed by atoms with Gasteiger partial charge in [0, 0.05) is 10.0 Å². The van der Waals surface area contributed by atoms with Crippen LogP contribution < -0.4 is 5.43 Å². The molecule has 1 N–H and O–H groups in total. The monoisotopic (exact) mass is 446 g/mol. The summed E-state index contributed by atoms with van der Waals surface area (Å²) >= 11 is 9.61. The zero-order chi connectivity index (χ0) is 18.7. The number of thioether (sulfide) groups is 1. The van der Waals surface area contributed by atoms with Gasteiger partial charge in [0.15, 0.2) is 4.32 Å². The number of nitrogens with zero attached hydrogens (tertiary/aromatic N) is 1. The lowest BCUT2D eigenvalue weighted by Crippen LogP contribution is -2.44. The Balaban J connectivity index is 1.78. The highest BCUT2D eigenvalue weighted by atomic mass is 79.9.